The van der Waals surface area contributed by atoms with Gasteiger partial charge in [0.05, 0.1) is 11.0 Å². The Morgan fingerprint density at radius 3 is 2.77 bits per heavy atom. The lowest BCUT2D eigenvalue weighted by atomic mass is 9.96. The van der Waals surface area contributed by atoms with Gasteiger partial charge in [-0.3, -0.25) is 4.79 Å². The van der Waals surface area contributed by atoms with E-state index < -0.39 is 0 Å². The Bertz CT molecular complexity index is 477. The summed E-state index contributed by atoms with van der Waals surface area (Å²) in [5, 5.41) is 6.69. The first-order chi connectivity index (χ1) is 9.74. The number of nitrogens with one attached hydrogen (secondary N) is 1. The van der Waals surface area contributed by atoms with Gasteiger partial charge < -0.3 is 10.2 Å². The molecule has 0 aliphatic carbocycles. The van der Waals surface area contributed by atoms with Crippen LogP contribution < -0.4 is 5.32 Å². The molecule has 22 heavy (non-hydrogen) atoms. The fourth-order valence-electron chi connectivity index (χ4n) is 3.22. The minimum Gasteiger partial charge on any atom is -0.341 e. The number of halogens is 2. The Balaban J connectivity index is 0.00000121. The summed E-state index contributed by atoms with van der Waals surface area (Å²) in [6.45, 7) is 4.79. The molecule has 1 unspecified atom stereocenters. The van der Waals surface area contributed by atoms with Gasteiger partial charge >= 0.3 is 0 Å². The predicted octanol–water partition coefficient (Wildman–Crippen LogP) is 3.14. The van der Waals surface area contributed by atoms with Crippen LogP contribution in [-0.4, -0.2) is 41.5 Å². The highest BCUT2D eigenvalue weighted by atomic mass is 35.5. The molecule has 2 fully saturated rings. The van der Waals surface area contributed by atoms with Crippen molar-refractivity contribution in [3.63, 3.8) is 0 Å². The number of aromatic nitrogens is 1. The summed E-state index contributed by atoms with van der Waals surface area (Å²) in [6, 6.07) is 0.0560. The minimum absolute atomic E-state index is 0. The van der Waals surface area contributed by atoms with Crippen molar-refractivity contribution in [1.29, 1.82) is 0 Å². The van der Waals surface area contributed by atoms with Gasteiger partial charge in [-0.1, -0.05) is 6.42 Å². The summed E-state index contributed by atoms with van der Waals surface area (Å²) in [5.41, 5.74) is 1.10. The molecule has 3 heterocycles. The Labute approximate surface area is 148 Å². The van der Waals surface area contributed by atoms with Crippen LogP contribution >= 0.6 is 36.2 Å². The van der Waals surface area contributed by atoms with E-state index in [-0.39, 0.29) is 30.9 Å². The van der Waals surface area contributed by atoms with Crippen LogP contribution in [-0.2, 0) is 4.79 Å². The molecule has 2 aliphatic rings. The van der Waals surface area contributed by atoms with Gasteiger partial charge in [0.25, 0.3) is 0 Å². The third-order valence-corrected chi connectivity index (χ3v) is 5.45. The van der Waals surface area contributed by atoms with Crippen molar-refractivity contribution in [1.82, 2.24) is 15.2 Å². The second-order valence-corrected chi connectivity index (χ2v) is 6.84. The minimum atomic E-state index is 0. The number of hydrogen-bond donors (Lipinski definition) is 1. The molecule has 4 nitrogen and oxygen atoms in total. The van der Waals surface area contributed by atoms with Gasteiger partial charge in [0, 0.05) is 30.1 Å². The fourth-order valence-corrected chi connectivity index (χ4v) is 4.15. The first kappa shape index (κ1) is 19.7. The van der Waals surface area contributed by atoms with E-state index in [0.29, 0.717) is 11.8 Å². The van der Waals surface area contributed by atoms with E-state index in [4.69, 9.17) is 0 Å². The SMILES string of the molecule is Cc1csc(C2CCCN(C(=O)[C@H]3CCCCN3)C2)n1.Cl.Cl. The van der Waals surface area contributed by atoms with E-state index in [2.05, 4.69) is 20.6 Å². The quantitative estimate of drug-likeness (QED) is 0.875. The van der Waals surface area contributed by atoms with Gasteiger partial charge in [-0.25, -0.2) is 4.98 Å². The van der Waals surface area contributed by atoms with Crippen molar-refractivity contribution in [2.24, 2.45) is 0 Å². The number of piperidine rings is 2. The molecule has 0 spiro atoms. The number of hydrogen-bond acceptors (Lipinski definition) is 4. The summed E-state index contributed by atoms with van der Waals surface area (Å²) in [5.74, 6) is 0.748. The molecule has 3 rings (SSSR count). The van der Waals surface area contributed by atoms with Crippen LogP contribution in [0.1, 0.15) is 48.7 Å². The third-order valence-electron chi connectivity index (χ3n) is 4.33. The number of rotatable bonds is 2. The van der Waals surface area contributed by atoms with Gasteiger partial charge in [-0.15, -0.1) is 36.2 Å². The smallest absolute Gasteiger partial charge is 0.239 e. The number of carbonyl (C=O) groups excluding carboxylic acids is 1. The van der Waals surface area contributed by atoms with Crippen molar-refractivity contribution < 1.29 is 4.79 Å². The van der Waals surface area contributed by atoms with E-state index in [0.717, 1.165) is 44.6 Å². The highest BCUT2D eigenvalue weighted by molar-refractivity contribution is 7.09. The number of thiazole rings is 1. The largest absolute Gasteiger partial charge is 0.341 e. The number of aryl methyl sites for hydroxylation is 1. The molecule has 0 radical (unpaired) electrons. The van der Waals surface area contributed by atoms with E-state index in [1.54, 1.807) is 11.3 Å². The van der Waals surface area contributed by atoms with Crippen LogP contribution in [0.3, 0.4) is 0 Å². The molecule has 2 saturated heterocycles. The zero-order valence-electron chi connectivity index (χ0n) is 12.9. The second kappa shape index (κ2) is 9.06. The van der Waals surface area contributed by atoms with E-state index >= 15 is 0 Å². The standard InChI is InChI=1S/C15H23N3OS.2ClH/c1-11-10-20-14(17-11)12-5-4-8-18(9-12)15(19)13-6-2-3-7-16-13;;/h10,12-13,16H,2-9H2,1H3;2*1H/t12?,13-;;/m1../s1. The molecule has 1 aromatic heterocycles. The summed E-state index contributed by atoms with van der Waals surface area (Å²) in [4.78, 5) is 19.3. The van der Waals surface area contributed by atoms with Crippen LogP contribution in [0.5, 0.6) is 0 Å². The number of amides is 1. The maximum Gasteiger partial charge on any atom is 0.239 e. The molecular weight excluding hydrogens is 341 g/mol. The maximum atomic E-state index is 12.6. The monoisotopic (exact) mass is 365 g/mol. The van der Waals surface area contributed by atoms with Gasteiger partial charge in [0.1, 0.15) is 0 Å². The van der Waals surface area contributed by atoms with Crippen molar-refractivity contribution >= 4 is 42.1 Å². The molecule has 2 atom stereocenters. The Morgan fingerprint density at radius 1 is 1.32 bits per heavy atom. The van der Waals surface area contributed by atoms with Crippen molar-refractivity contribution in [2.75, 3.05) is 19.6 Å². The molecule has 0 aromatic carbocycles. The van der Waals surface area contributed by atoms with Gasteiger partial charge in [-0.05, 0) is 39.2 Å². The van der Waals surface area contributed by atoms with E-state index in [9.17, 15) is 4.79 Å². The zero-order chi connectivity index (χ0) is 13.9. The first-order valence-corrected chi connectivity index (χ1v) is 8.56. The zero-order valence-corrected chi connectivity index (χ0v) is 15.4. The third kappa shape index (κ3) is 4.57. The average molecular weight is 366 g/mol. The molecule has 0 bridgehead atoms. The molecule has 126 valence electrons. The van der Waals surface area contributed by atoms with Gasteiger partial charge in [-0.2, -0.15) is 0 Å². The normalized spacial score (nSPS) is 25.0. The van der Waals surface area contributed by atoms with Gasteiger partial charge in [0.2, 0.25) is 5.91 Å². The number of carbonyl (C=O) groups is 1. The summed E-state index contributed by atoms with van der Waals surface area (Å²) >= 11 is 1.74. The molecular formula is C15H25Cl2N3OS. The molecule has 1 amide bonds. The molecule has 0 saturated carbocycles. The number of likely N-dealkylation sites (tertiary alicyclic amines) is 1. The summed E-state index contributed by atoms with van der Waals surface area (Å²) < 4.78 is 0. The predicted molar refractivity (Wildman–Crippen MR) is 95.5 cm³/mol. The maximum absolute atomic E-state index is 12.6. The van der Waals surface area contributed by atoms with Crippen LogP contribution in [0.25, 0.3) is 0 Å². The summed E-state index contributed by atoms with van der Waals surface area (Å²) in [7, 11) is 0. The van der Waals surface area contributed by atoms with Crippen molar-refractivity contribution in [2.45, 2.75) is 51.0 Å². The number of nitrogens with zero attached hydrogens (tertiary/aromatic N) is 2. The molecule has 1 N–H and O–H groups in total. The van der Waals surface area contributed by atoms with E-state index in [1.165, 1.54) is 17.8 Å². The van der Waals surface area contributed by atoms with E-state index in [1.807, 2.05) is 6.92 Å². The first-order valence-electron chi connectivity index (χ1n) is 7.68. The Morgan fingerprint density at radius 2 is 2.14 bits per heavy atom. The lowest BCUT2D eigenvalue weighted by Gasteiger charge is -2.35. The second-order valence-electron chi connectivity index (χ2n) is 5.95. The van der Waals surface area contributed by atoms with Crippen LogP contribution in [0.4, 0.5) is 0 Å². The van der Waals surface area contributed by atoms with Crippen molar-refractivity contribution in [3.05, 3.63) is 16.1 Å². The van der Waals surface area contributed by atoms with Crippen LogP contribution in [0, 0.1) is 6.92 Å². The average Bonchev–Trinajstić information content (AvgIpc) is 2.94. The van der Waals surface area contributed by atoms with Gasteiger partial charge in [0.15, 0.2) is 0 Å². The van der Waals surface area contributed by atoms with Crippen molar-refractivity contribution in [3.8, 4) is 0 Å². The molecule has 7 heteroatoms. The Hall–Kier alpha value is -0.360. The summed E-state index contributed by atoms with van der Waals surface area (Å²) in [6.07, 6.45) is 5.63. The highest BCUT2D eigenvalue weighted by Gasteiger charge is 2.30. The lowest BCUT2D eigenvalue weighted by Crippen LogP contribution is -2.51. The fraction of sp³-hybridized carbons (Fsp3) is 0.733. The molecule has 1 aromatic rings. The highest BCUT2D eigenvalue weighted by Crippen LogP contribution is 2.29. The topological polar surface area (TPSA) is 45.2 Å². The lowest BCUT2D eigenvalue weighted by molar-refractivity contribution is -0.135. The Kier molecular flexibility index (Phi) is 8.11. The molecule has 2 aliphatic heterocycles. The van der Waals surface area contributed by atoms with Crippen LogP contribution in [0.15, 0.2) is 5.38 Å². The van der Waals surface area contributed by atoms with Crippen LogP contribution in [0.2, 0.25) is 0 Å².